The summed E-state index contributed by atoms with van der Waals surface area (Å²) in [6, 6.07) is 4.11. The highest BCUT2D eigenvalue weighted by Gasteiger charge is 2.21. The van der Waals surface area contributed by atoms with Gasteiger partial charge < -0.3 is 19.4 Å². The highest BCUT2D eigenvalue weighted by atomic mass is 16.5. The Hall–Kier alpha value is -2.17. The molecule has 0 spiro atoms. The predicted octanol–water partition coefficient (Wildman–Crippen LogP) is 2.56. The van der Waals surface area contributed by atoms with E-state index in [1.165, 1.54) is 11.1 Å². The van der Waals surface area contributed by atoms with Crippen LogP contribution in [-0.4, -0.2) is 30.3 Å². The SMILES string of the molecule is CCNc1ncc2n1CCc1cc(OC)c(OC)cc1-2. The van der Waals surface area contributed by atoms with Crippen LogP contribution in [0, 0.1) is 0 Å². The molecule has 1 N–H and O–H groups in total. The maximum atomic E-state index is 5.40. The summed E-state index contributed by atoms with van der Waals surface area (Å²) < 4.78 is 13.0. The zero-order valence-corrected chi connectivity index (χ0v) is 12.1. The Kier molecular flexibility index (Phi) is 3.26. The first kappa shape index (κ1) is 12.8. The van der Waals surface area contributed by atoms with Crippen LogP contribution in [0.2, 0.25) is 0 Å². The van der Waals surface area contributed by atoms with Gasteiger partial charge in [0.2, 0.25) is 5.95 Å². The van der Waals surface area contributed by atoms with Gasteiger partial charge in [-0.15, -0.1) is 0 Å². The summed E-state index contributed by atoms with van der Waals surface area (Å²) in [6.45, 7) is 3.88. The van der Waals surface area contributed by atoms with Crippen LogP contribution < -0.4 is 14.8 Å². The molecular formula is C15H19N3O2. The van der Waals surface area contributed by atoms with Crippen LogP contribution in [0.5, 0.6) is 11.5 Å². The molecular weight excluding hydrogens is 254 g/mol. The summed E-state index contributed by atoms with van der Waals surface area (Å²) in [4.78, 5) is 4.46. The van der Waals surface area contributed by atoms with Gasteiger partial charge in [-0.25, -0.2) is 4.98 Å². The number of benzene rings is 1. The van der Waals surface area contributed by atoms with Gasteiger partial charge in [0.1, 0.15) is 0 Å². The number of aryl methyl sites for hydroxylation is 1. The fraction of sp³-hybridized carbons (Fsp3) is 0.400. The van der Waals surface area contributed by atoms with Gasteiger partial charge in [0.15, 0.2) is 11.5 Å². The summed E-state index contributed by atoms with van der Waals surface area (Å²) in [5.41, 5.74) is 3.58. The number of rotatable bonds is 4. The lowest BCUT2D eigenvalue weighted by Gasteiger charge is -2.22. The third kappa shape index (κ3) is 1.90. The van der Waals surface area contributed by atoms with E-state index in [4.69, 9.17) is 9.47 Å². The monoisotopic (exact) mass is 273 g/mol. The van der Waals surface area contributed by atoms with E-state index < -0.39 is 0 Å². The van der Waals surface area contributed by atoms with Crippen molar-refractivity contribution in [2.45, 2.75) is 19.9 Å². The smallest absolute Gasteiger partial charge is 0.203 e. The maximum absolute atomic E-state index is 5.40. The number of aromatic nitrogens is 2. The van der Waals surface area contributed by atoms with Crippen LogP contribution in [0.3, 0.4) is 0 Å². The number of imidazole rings is 1. The molecule has 3 rings (SSSR count). The molecule has 0 aliphatic carbocycles. The van der Waals surface area contributed by atoms with Gasteiger partial charge >= 0.3 is 0 Å². The van der Waals surface area contributed by atoms with Gasteiger partial charge in [0.05, 0.1) is 26.1 Å². The molecule has 0 radical (unpaired) electrons. The molecule has 0 fully saturated rings. The normalized spacial score (nSPS) is 12.6. The Morgan fingerprint density at radius 1 is 1.25 bits per heavy atom. The predicted molar refractivity (Wildman–Crippen MR) is 78.6 cm³/mol. The van der Waals surface area contributed by atoms with Crippen LogP contribution in [0.4, 0.5) is 5.95 Å². The second-order valence-corrected chi connectivity index (χ2v) is 4.76. The molecule has 5 nitrogen and oxygen atoms in total. The highest BCUT2D eigenvalue weighted by Crippen LogP contribution is 2.39. The topological polar surface area (TPSA) is 48.3 Å². The first-order chi connectivity index (χ1) is 9.78. The number of hydrogen-bond acceptors (Lipinski definition) is 4. The standard InChI is InChI=1S/C15H19N3O2/c1-4-16-15-17-9-12-11-8-14(20-3)13(19-2)7-10(11)5-6-18(12)15/h7-9H,4-6H2,1-3H3,(H,16,17). The van der Waals surface area contributed by atoms with E-state index >= 15 is 0 Å². The van der Waals surface area contributed by atoms with E-state index in [9.17, 15) is 0 Å². The minimum absolute atomic E-state index is 0.755. The van der Waals surface area contributed by atoms with Gasteiger partial charge in [-0.1, -0.05) is 0 Å². The molecule has 2 heterocycles. The Balaban J connectivity index is 2.11. The van der Waals surface area contributed by atoms with Crippen molar-refractivity contribution >= 4 is 5.95 Å². The third-order valence-electron chi connectivity index (χ3n) is 3.68. The molecule has 5 heteroatoms. The number of nitrogens with zero attached hydrogens (tertiary/aromatic N) is 2. The first-order valence-corrected chi connectivity index (χ1v) is 6.83. The molecule has 20 heavy (non-hydrogen) atoms. The second-order valence-electron chi connectivity index (χ2n) is 4.76. The quantitative estimate of drug-likeness (QED) is 0.930. The Bertz CT molecular complexity index is 634. The Morgan fingerprint density at radius 3 is 2.70 bits per heavy atom. The van der Waals surface area contributed by atoms with Gasteiger partial charge in [-0.2, -0.15) is 0 Å². The average Bonchev–Trinajstić information content (AvgIpc) is 2.89. The fourth-order valence-corrected chi connectivity index (χ4v) is 2.71. The van der Waals surface area contributed by atoms with Crippen LogP contribution in [0.1, 0.15) is 12.5 Å². The van der Waals surface area contributed by atoms with Crippen molar-refractivity contribution in [1.29, 1.82) is 0 Å². The molecule has 0 bridgehead atoms. The summed E-state index contributed by atoms with van der Waals surface area (Å²) in [5.74, 6) is 2.47. The molecule has 1 aliphatic heterocycles. The van der Waals surface area contributed by atoms with Gasteiger partial charge in [0, 0.05) is 18.7 Å². The number of ether oxygens (including phenoxy) is 2. The van der Waals surface area contributed by atoms with Crippen LogP contribution in [-0.2, 0) is 13.0 Å². The molecule has 0 atom stereocenters. The Morgan fingerprint density at radius 2 is 2.00 bits per heavy atom. The van der Waals surface area contributed by atoms with Crippen molar-refractivity contribution in [3.63, 3.8) is 0 Å². The van der Waals surface area contributed by atoms with Crippen molar-refractivity contribution in [1.82, 2.24) is 9.55 Å². The van der Waals surface area contributed by atoms with Crippen LogP contribution in [0.25, 0.3) is 11.3 Å². The summed E-state index contributed by atoms with van der Waals surface area (Å²) >= 11 is 0. The molecule has 0 amide bonds. The molecule has 106 valence electrons. The number of fused-ring (bicyclic) bond motifs is 3. The van der Waals surface area contributed by atoms with Gasteiger partial charge in [-0.3, -0.25) is 0 Å². The van der Waals surface area contributed by atoms with Crippen LogP contribution >= 0.6 is 0 Å². The number of anilines is 1. The van der Waals surface area contributed by atoms with Crippen molar-refractivity contribution in [3.05, 3.63) is 23.9 Å². The molecule has 1 aliphatic rings. The minimum Gasteiger partial charge on any atom is -0.493 e. The summed E-state index contributed by atoms with van der Waals surface area (Å²) in [7, 11) is 3.33. The Labute approximate surface area is 118 Å². The number of nitrogens with one attached hydrogen (secondary N) is 1. The van der Waals surface area contributed by atoms with E-state index in [0.29, 0.717) is 0 Å². The van der Waals surface area contributed by atoms with E-state index in [2.05, 4.69) is 27.9 Å². The van der Waals surface area contributed by atoms with Crippen molar-refractivity contribution in [3.8, 4) is 22.8 Å². The van der Waals surface area contributed by atoms with E-state index in [1.54, 1.807) is 14.2 Å². The molecule has 2 aromatic rings. The zero-order chi connectivity index (χ0) is 14.1. The maximum Gasteiger partial charge on any atom is 0.203 e. The molecule has 0 unspecified atom stereocenters. The third-order valence-corrected chi connectivity index (χ3v) is 3.68. The summed E-state index contributed by atoms with van der Waals surface area (Å²) in [5, 5.41) is 3.29. The minimum atomic E-state index is 0.755. The van der Waals surface area contributed by atoms with Crippen molar-refractivity contribution < 1.29 is 9.47 Å². The van der Waals surface area contributed by atoms with Gasteiger partial charge in [-0.05, 0) is 31.0 Å². The number of hydrogen-bond donors (Lipinski definition) is 1. The van der Waals surface area contributed by atoms with Crippen LogP contribution in [0.15, 0.2) is 18.3 Å². The first-order valence-electron chi connectivity index (χ1n) is 6.83. The molecule has 1 aromatic carbocycles. The van der Waals surface area contributed by atoms with Crippen molar-refractivity contribution in [2.75, 3.05) is 26.1 Å². The number of methoxy groups -OCH3 is 2. The van der Waals surface area contributed by atoms with Crippen molar-refractivity contribution in [2.24, 2.45) is 0 Å². The van der Waals surface area contributed by atoms with E-state index in [1.807, 2.05) is 12.3 Å². The fourth-order valence-electron chi connectivity index (χ4n) is 2.71. The lowest BCUT2D eigenvalue weighted by atomic mass is 9.98. The van der Waals surface area contributed by atoms with Gasteiger partial charge in [0.25, 0.3) is 0 Å². The molecule has 0 saturated carbocycles. The molecule has 0 saturated heterocycles. The second kappa shape index (κ2) is 5.07. The van der Waals surface area contributed by atoms with E-state index in [0.717, 1.165) is 42.7 Å². The lowest BCUT2D eigenvalue weighted by molar-refractivity contribution is 0.354. The summed E-state index contributed by atoms with van der Waals surface area (Å²) in [6.07, 6.45) is 2.89. The molecule has 1 aromatic heterocycles. The zero-order valence-electron chi connectivity index (χ0n) is 12.1. The highest BCUT2D eigenvalue weighted by molar-refractivity contribution is 5.71. The lowest BCUT2D eigenvalue weighted by Crippen LogP contribution is -2.14. The van der Waals surface area contributed by atoms with E-state index in [-0.39, 0.29) is 0 Å². The average molecular weight is 273 g/mol. The largest absolute Gasteiger partial charge is 0.493 e.